The van der Waals surface area contributed by atoms with Gasteiger partial charge in [0.1, 0.15) is 11.7 Å². The van der Waals surface area contributed by atoms with Gasteiger partial charge in [0.05, 0.1) is 21.8 Å². The van der Waals surface area contributed by atoms with Crippen LogP contribution in [0.3, 0.4) is 0 Å². The molecule has 0 radical (unpaired) electrons. The number of likely N-dealkylation sites (tertiary alicyclic amines) is 1. The highest BCUT2D eigenvalue weighted by atomic mass is 35.5. The van der Waals surface area contributed by atoms with Crippen molar-refractivity contribution in [2.24, 2.45) is 5.92 Å². The number of halogens is 2. The summed E-state index contributed by atoms with van der Waals surface area (Å²) in [7, 11) is 1.87. The van der Waals surface area contributed by atoms with Gasteiger partial charge in [0.15, 0.2) is 5.82 Å². The molecular formula is C21H24Cl2N6O2. The fraction of sp³-hybridized carbons (Fsp3) is 0.429. The van der Waals surface area contributed by atoms with Gasteiger partial charge in [0.25, 0.3) is 5.91 Å². The third kappa shape index (κ3) is 4.02. The first-order chi connectivity index (χ1) is 14.7. The van der Waals surface area contributed by atoms with Crippen LogP contribution in [0.1, 0.15) is 29.9 Å². The molecule has 1 atom stereocenters. The normalized spacial score (nSPS) is 18.5. The molecule has 1 aromatic carbocycles. The molecule has 1 fully saturated rings. The number of likely N-dealkylation sites (N-methyl/N-ethyl adjacent to an activating group) is 1. The van der Waals surface area contributed by atoms with Gasteiger partial charge < -0.3 is 20.4 Å². The number of aromatic nitrogens is 2. The molecule has 2 aliphatic heterocycles. The number of anilines is 3. The number of rotatable bonds is 4. The lowest BCUT2D eigenvalue weighted by atomic mass is 9.99. The van der Waals surface area contributed by atoms with E-state index in [0.29, 0.717) is 51.8 Å². The molecule has 164 valence electrons. The van der Waals surface area contributed by atoms with Gasteiger partial charge in [-0.2, -0.15) is 4.98 Å². The summed E-state index contributed by atoms with van der Waals surface area (Å²) in [5, 5.41) is 7.02. The maximum Gasteiger partial charge on any atom is 0.254 e. The Hall–Kier alpha value is -2.58. The first-order valence-electron chi connectivity index (χ1n) is 10.1. The molecule has 3 heterocycles. The van der Waals surface area contributed by atoms with Crippen molar-refractivity contribution in [1.29, 1.82) is 0 Å². The highest BCUT2D eigenvalue weighted by Crippen LogP contribution is 2.34. The molecule has 2 aromatic rings. The lowest BCUT2D eigenvalue weighted by Gasteiger charge is -2.40. The van der Waals surface area contributed by atoms with Gasteiger partial charge in [-0.05, 0) is 31.0 Å². The molecule has 2 aliphatic rings. The van der Waals surface area contributed by atoms with Crippen LogP contribution in [0.15, 0.2) is 18.2 Å². The Morgan fingerprint density at radius 1 is 1.23 bits per heavy atom. The van der Waals surface area contributed by atoms with Crippen LogP contribution in [0.2, 0.25) is 10.0 Å². The maximum atomic E-state index is 12.6. The van der Waals surface area contributed by atoms with Crippen LogP contribution in [0.4, 0.5) is 17.5 Å². The molecule has 4 rings (SSSR count). The highest BCUT2D eigenvalue weighted by Gasteiger charge is 2.36. The Balaban J connectivity index is 1.45. The average molecular weight is 463 g/mol. The average Bonchev–Trinajstić information content (AvgIpc) is 2.67. The second-order valence-corrected chi connectivity index (χ2v) is 9.11. The van der Waals surface area contributed by atoms with Gasteiger partial charge >= 0.3 is 0 Å². The molecule has 0 aliphatic carbocycles. The van der Waals surface area contributed by atoms with E-state index in [9.17, 15) is 9.59 Å². The van der Waals surface area contributed by atoms with E-state index >= 15 is 0 Å². The SMILES string of the molecule is Cc1nc(NC2CN(C(=O)c3ccc(Cl)c(Cl)c3)C2)nc2c1NC(=O)[C@H](C(C)C)N2C. The van der Waals surface area contributed by atoms with E-state index in [1.807, 2.05) is 32.7 Å². The second-order valence-electron chi connectivity index (χ2n) is 8.30. The summed E-state index contributed by atoms with van der Waals surface area (Å²) in [6.07, 6.45) is 0. The predicted octanol–water partition coefficient (Wildman–Crippen LogP) is 3.44. The maximum absolute atomic E-state index is 12.6. The van der Waals surface area contributed by atoms with Crippen molar-refractivity contribution in [1.82, 2.24) is 14.9 Å². The van der Waals surface area contributed by atoms with E-state index in [2.05, 4.69) is 20.6 Å². The number of hydrogen-bond donors (Lipinski definition) is 2. The Morgan fingerprint density at radius 3 is 2.58 bits per heavy atom. The summed E-state index contributed by atoms with van der Waals surface area (Å²) in [6, 6.07) is 4.61. The van der Waals surface area contributed by atoms with Crippen LogP contribution in [0.5, 0.6) is 0 Å². The quantitative estimate of drug-likeness (QED) is 0.722. The number of nitrogens with one attached hydrogen (secondary N) is 2. The first-order valence-corrected chi connectivity index (χ1v) is 10.8. The van der Waals surface area contributed by atoms with Crippen LogP contribution in [0.25, 0.3) is 0 Å². The minimum absolute atomic E-state index is 0.0357. The minimum Gasteiger partial charge on any atom is -0.348 e. The monoisotopic (exact) mass is 462 g/mol. The van der Waals surface area contributed by atoms with Crippen LogP contribution < -0.4 is 15.5 Å². The molecule has 0 saturated carbocycles. The third-order valence-electron chi connectivity index (χ3n) is 5.64. The van der Waals surface area contributed by atoms with E-state index in [4.69, 9.17) is 23.2 Å². The zero-order chi connectivity index (χ0) is 22.4. The number of benzene rings is 1. The van der Waals surface area contributed by atoms with E-state index in [0.717, 1.165) is 0 Å². The van der Waals surface area contributed by atoms with Gasteiger partial charge in [-0.1, -0.05) is 37.0 Å². The molecule has 0 bridgehead atoms. The summed E-state index contributed by atoms with van der Waals surface area (Å²) in [6.45, 7) is 6.91. The molecule has 1 aromatic heterocycles. The zero-order valence-electron chi connectivity index (χ0n) is 17.7. The van der Waals surface area contributed by atoms with Crippen molar-refractivity contribution >= 4 is 52.5 Å². The number of amides is 2. The number of nitrogens with zero attached hydrogens (tertiary/aromatic N) is 4. The Labute approximate surface area is 190 Å². The second kappa shape index (κ2) is 8.16. The van der Waals surface area contributed by atoms with Gasteiger partial charge in [0.2, 0.25) is 11.9 Å². The van der Waals surface area contributed by atoms with Crippen molar-refractivity contribution in [2.45, 2.75) is 32.9 Å². The number of carbonyl (C=O) groups is 2. The van der Waals surface area contributed by atoms with Crippen LogP contribution in [-0.4, -0.2) is 58.9 Å². The van der Waals surface area contributed by atoms with Gasteiger partial charge in [-0.15, -0.1) is 0 Å². The van der Waals surface area contributed by atoms with E-state index in [1.165, 1.54) is 0 Å². The Kier molecular flexibility index (Phi) is 5.70. The van der Waals surface area contributed by atoms with Crippen LogP contribution >= 0.6 is 23.2 Å². The molecule has 0 spiro atoms. The summed E-state index contributed by atoms with van der Waals surface area (Å²) >= 11 is 11.9. The number of carbonyl (C=O) groups excluding carboxylic acids is 2. The van der Waals surface area contributed by atoms with Crippen molar-refractivity contribution in [3.63, 3.8) is 0 Å². The highest BCUT2D eigenvalue weighted by molar-refractivity contribution is 6.42. The van der Waals surface area contributed by atoms with Crippen LogP contribution in [-0.2, 0) is 4.79 Å². The standard InChI is InChI=1S/C21H24Cl2N6O2/c1-10(2)17-19(30)26-16-11(3)24-21(27-18(16)28(17)4)25-13-8-29(9-13)20(31)12-5-6-14(22)15(23)7-12/h5-7,10,13,17H,8-9H2,1-4H3,(H,26,30)(H,24,25,27)/t17-/m0/s1. The largest absolute Gasteiger partial charge is 0.348 e. The number of fused-ring (bicyclic) bond motifs is 1. The van der Waals surface area contributed by atoms with Gasteiger partial charge in [0, 0.05) is 25.7 Å². The fourth-order valence-corrected chi connectivity index (χ4v) is 4.31. The Bertz CT molecular complexity index is 1050. The topological polar surface area (TPSA) is 90.5 Å². The lowest BCUT2D eigenvalue weighted by Crippen LogP contribution is -2.57. The fourth-order valence-electron chi connectivity index (χ4n) is 4.01. The van der Waals surface area contributed by atoms with E-state index in [1.54, 1.807) is 23.1 Å². The molecule has 10 heteroatoms. The van der Waals surface area contributed by atoms with Crippen molar-refractivity contribution < 1.29 is 9.59 Å². The van der Waals surface area contributed by atoms with E-state index < -0.39 is 0 Å². The third-order valence-corrected chi connectivity index (χ3v) is 6.38. The van der Waals surface area contributed by atoms with Crippen molar-refractivity contribution in [3.05, 3.63) is 39.5 Å². The van der Waals surface area contributed by atoms with Crippen molar-refractivity contribution in [3.8, 4) is 0 Å². The minimum atomic E-state index is -0.294. The Morgan fingerprint density at radius 2 is 1.94 bits per heavy atom. The lowest BCUT2D eigenvalue weighted by molar-refractivity contribution is -0.118. The molecule has 2 amide bonds. The molecule has 31 heavy (non-hydrogen) atoms. The van der Waals surface area contributed by atoms with E-state index in [-0.39, 0.29) is 29.8 Å². The zero-order valence-corrected chi connectivity index (χ0v) is 19.3. The molecular weight excluding hydrogens is 439 g/mol. The number of aryl methyl sites for hydroxylation is 1. The first kappa shape index (κ1) is 21.6. The summed E-state index contributed by atoms with van der Waals surface area (Å²) in [4.78, 5) is 37.9. The number of hydrogen-bond acceptors (Lipinski definition) is 6. The summed E-state index contributed by atoms with van der Waals surface area (Å²) < 4.78 is 0. The van der Waals surface area contributed by atoms with Crippen molar-refractivity contribution in [2.75, 3.05) is 35.7 Å². The predicted molar refractivity (Wildman–Crippen MR) is 122 cm³/mol. The summed E-state index contributed by atoms with van der Waals surface area (Å²) in [5.41, 5.74) is 1.84. The molecule has 2 N–H and O–H groups in total. The molecule has 1 saturated heterocycles. The van der Waals surface area contributed by atoms with Crippen LogP contribution in [0, 0.1) is 12.8 Å². The van der Waals surface area contributed by atoms with Gasteiger partial charge in [-0.3, -0.25) is 9.59 Å². The summed E-state index contributed by atoms with van der Waals surface area (Å²) in [5.74, 6) is 1.16. The smallest absolute Gasteiger partial charge is 0.254 e. The molecule has 8 nitrogen and oxygen atoms in total. The van der Waals surface area contributed by atoms with Gasteiger partial charge in [-0.25, -0.2) is 4.98 Å². The molecule has 0 unspecified atom stereocenters.